The van der Waals surface area contributed by atoms with E-state index in [1.807, 2.05) is 24.3 Å². The first-order valence-electron chi connectivity index (χ1n) is 15.9. The Balaban J connectivity index is 1.06. The summed E-state index contributed by atoms with van der Waals surface area (Å²) in [6.07, 6.45) is 0.563. The van der Waals surface area contributed by atoms with Crippen molar-refractivity contribution in [3.05, 3.63) is 178 Å². The predicted molar refractivity (Wildman–Crippen MR) is 209 cm³/mol. The highest BCUT2D eigenvalue weighted by atomic mass is 35.5. The van der Waals surface area contributed by atoms with Crippen LogP contribution in [-0.2, 0) is 26.5 Å². The molecule has 0 saturated carbocycles. The third-order valence-corrected chi connectivity index (χ3v) is 11.2. The van der Waals surface area contributed by atoms with E-state index in [0.29, 0.717) is 27.8 Å². The zero-order chi connectivity index (χ0) is 37.6. The van der Waals surface area contributed by atoms with E-state index in [0.717, 1.165) is 11.1 Å². The number of carbonyl (C=O) groups is 2. The van der Waals surface area contributed by atoms with Crippen molar-refractivity contribution in [2.24, 2.45) is 0 Å². The second kappa shape index (κ2) is 15.9. The number of sulfonamides is 2. The van der Waals surface area contributed by atoms with Gasteiger partial charge in [0.1, 0.15) is 0 Å². The van der Waals surface area contributed by atoms with Gasteiger partial charge in [-0.1, -0.05) is 71.7 Å². The van der Waals surface area contributed by atoms with E-state index in [1.165, 1.54) is 72.8 Å². The van der Waals surface area contributed by atoms with Crippen molar-refractivity contribution < 1.29 is 26.4 Å². The van der Waals surface area contributed by atoms with Crippen LogP contribution >= 0.6 is 23.2 Å². The van der Waals surface area contributed by atoms with E-state index in [4.69, 9.17) is 23.2 Å². The molecule has 6 aromatic rings. The monoisotopic (exact) mass is 784 g/mol. The number of benzene rings is 6. The highest BCUT2D eigenvalue weighted by Gasteiger charge is 2.20. The molecule has 0 saturated heterocycles. The first kappa shape index (κ1) is 37.1. The zero-order valence-corrected chi connectivity index (χ0v) is 30.7. The Kier molecular flexibility index (Phi) is 11.2. The lowest BCUT2D eigenvalue weighted by molar-refractivity contribution is 0.101. The molecule has 0 heterocycles. The standard InChI is InChI=1S/C39H30Cl2N4O6S2/c40-28-13-21-32(22-14-28)52(48,49)44-36-7-3-1-5-34(36)38(46)42-30-17-9-26(10-18-30)25-27-11-19-31(20-12-27)43-39(47)35-6-2-4-8-37(35)45-53(50,51)33-23-15-29(41)16-24-33/h1-24,44-45H,25H2,(H,42,46)(H,43,47). The second-order valence-corrected chi connectivity index (χ2v) is 15.9. The number of anilines is 4. The number of hydrogen-bond donors (Lipinski definition) is 4. The van der Waals surface area contributed by atoms with Crippen molar-refractivity contribution in [1.29, 1.82) is 0 Å². The summed E-state index contributed by atoms with van der Waals surface area (Å²) in [5, 5.41) is 6.43. The van der Waals surface area contributed by atoms with Gasteiger partial charge in [-0.3, -0.25) is 19.0 Å². The van der Waals surface area contributed by atoms with Crippen molar-refractivity contribution in [3.8, 4) is 0 Å². The number of hydrogen-bond acceptors (Lipinski definition) is 6. The third kappa shape index (κ3) is 9.42. The van der Waals surface area contributed by atoms with Crippen LogP contribution in [-0.4, -0.2) is 28.6 Å². The Bertz CT molecular complexity index is 2320. The van der Waals surface area contributed by atoms with E-state index in [-0.39, 0.29) is 32.3 Å². The van der Waals surface area contributed by atoms with Crippen LogP contribution in [0.3, 0.4) is 0 Å². The summed E-state index contributed by atoms with van der Waals surface area (Å²) in [5.74, 6) is -0.988. The number of para-hydroxylation sites is 2. The average molecular weight is 786 g/mol. The third-order valence-electron chi connectivity index (χ3n) is 7.91. The fourth-order valence-electron chi connectivity index (χ4n) is 5.22. The number of rotatable bonds is 12. The molecule has 0 aliphatic heterocycles. The van der Waals surface area contributed by atoms with Gasteiger partial charge in [0.15, 0.2) is 0 Å². The lowest BCUT2D eigenvalue weighted by Gasteiger charge is -2.13. The molecule has 10 nitrogen and oxygen atoms in total. The van der Waals surface area contributed by atoms with Crippen molar-refractivity contribution >= 4 is 77.8 Å². The summed E-state index contributed by atoms with van der Waals surface area (Å²) in [6.45, 7) is 0. The Labute approximate surface area is 316 Å². The molecule has 14 heteroatoms. The summed E-state index contributed by atoms with van der Waals surface area (Å²) in [6, 6.07) is 38.5. The Morgan fingerprint density at radius 2 is 0.792 bits per heavy atom. The minimum absolute atomic E-state index is 0.00649. The average Bonchev–Trinajstić information content (AvgIpc) is 3.13. The fourth-order valence-corrected chi connectivity index (χ4v) is 7.63. The van der Waals surface area contributed by atoms with E-state index in [9.17, 15) is 26.4 Å². The summed E-state index contributed by atoms with van der Waals surface area (Å²) in [4.78, 5) is 26.4. The van der Waals surface area contributed by atoms with Crippen LogP contribution in [0.25, 0.3) is 0 Å². The molecule has 0 aliphatic carbocycles. The second-order valence-electron chi connectivity index (χ2n) is 11.7. The van der Waals surface area contributed by atoms with E-state index in [2.05, 4.69) is 20.1 Å². The predicted octanol–water partition coefficient (Wildman–Crippen LogP) is 8.69. The molecular weight excluding hydrogens is 755 g/mol. The smallest absolute Gasteiger partial charge is 0.261 e. The van der Waals surface area contributed by atoms with Gasteiger partial charge in [-0.15, -0.1) is 0 Å². The van der Waals surface area contributed by atoms with E-state index < -0.39 is 31.9 Å². The molecule has 6 rings (SSSR count). The minimum atomic E-state index is -3.97. The molecule has 0 radical (unpaired) electrons. The molecule has 0 aromatic heterocycles. The number of halogens is 2. The van der Waals surface area contributed by atoms with E-state index in [1.54, 1.807) is 48.5 Å². The lowest BCUT2D eigenvalue weighted by atomic mass is 10.0. The topological polar surface area (TPSA) is 151 Å². The normalized spacial score (nSPS) is 11.4. The van der Waals surface area contributed by atoms with Gasteiger partial charge in [0.25, 0.3) is 31.9 Å². The summed E-state index contributed by atoms with van der Waals surface area (Å²) >= 11 is 11.8. The van der Waals surface area contributed by atoms with Crippen LogP contribution in [0, 0.1) is 0 Å². The zero-order valence-electron chi connectivity index (χ0n) is 27.6. The van der Waals surface area contributed by atoms with Crippen molar-refractivity contribution in [2.45, 2.75) is 16.2 Å². The van der Waals surface area contributed by atoms with Crippen LogP contribution in [0.5, 0.6) is 0 Å². The van der Waals surface area contributed by atoms with Crippen LogP contribution in [0.4, 0.5) is 22.7 Å². The minimum Gasteiger partial charge on any atom is -0.322 e. The van der Waals surface area contributed by atoms with Gasteiger partial charge in [-0.05, 0) is 115 Å². The molecule has 0 fully saturated rings. The molecule has 53 heavy (non-hydrogen) atoms. The van der Waals surface area contributed by atoms with Crippen molar-refractivity contribution in [2.75, 3.05) is 20.1 Å². The number of carbonyl (C=O) groups excluding carboxylic acids is 2. The molecule has 4 N–H and O–H groups in total. The maximum atomic E-state index is 13.2. The van der Waals surface area contributed by atoms with Gasteiger partial charge in [0.2, 0.25) is 0 Å². The number of nitrogens with one attached hydrogen (secondary N) is 4. The molecule has 0 bridgehead atoms. The Morgan fingerprint density at radius 3 is 1.15 bits per heavy atom. The Morgan fingerprint density at radius 1 is 0.453 bits per heavy atom. The van der Waals surface area contributed by atoms with Gasteiger partial charge in [0.05, 0.1) is 32.3 Å². The Hall–Kier alpha value is -5.66. The van der Waals surface area contributed by atoms with Crippen LogP contribution in [0.15, 0.2) is 155 Å². The highest BCUT2D eigenvalue weighted by molar-refractivity contribution is 7.93. The fraction of sp³-hybridized carbons (Fsp3) is 0.0256. The molecule has 0 aliphatic rings. The van der Waals surface area contributed by atoms with E-state index >= 15 is 0 Å². The maximum absolute atomic E-state index is 13.2. The van der Waals surface area contributed by atoms with Gasteiger partial charge in [-0.25, -0.2) is 16.8 Å². The first-order valence-corrected chi connectivity index (χ1v) is 19.6. The molecule has 0 unspecified atom stereocenters. The molecule has 0 spiro atoms. The largest absolute Gasteiger partial charge is 0.322 e. The van der Waals surface area contributed by atoms with Crippen LogP contribution in [0.1, 0.15) is 31.8 Å². The summed E-state index contributed by atoms with van der Waals surface area (Å²) < 4.78 is 56.7. The lowest BCUT2D eigenvalue weighted by Crippen LogP contribution is -2.18. The quantitative estimate of drug-likeness (QED) is 0.0975. The molecule has 268 valence electrons. The SMILES string of the molecule is O=C(Nc1ccc(Cc2ccc(NC(=O)c3ccccc3NS(=O)(=O)c3ccc(Cl)cc3)cc2)cc1)c1ccccc1NS(=O)(=O)c1ccc(Cl)cc1. The van der Waals surface area contributed by atoms with Gasteiger partial charge < -0.3 is 10.6 Å². The highest BCUT2D eigenvalue weighted by Crippen LogP contribution is 2.25. The summed E-state index contributed by atoms with van der Waals surface area (Å²) in [5.41, 5.74) is 3.48. The molecule has 0 atom stereocenters. The van der Waals surface area contributed by atoms with Crippen LogP contribution in [0.2, 0.25) is 10.0 Å². The van der Waals surface area contributed by atoms with Crippen molar-refractivity contribution in [3.63, 3.8) is 0 Å². The molecule has 2 amide bonds. The van der Waals surface area contributed by atoms with Crippen molar-refractivity contribution in [1.82, 2.24) is 0 Å². The number of amides is 2. The van der Waals surface area contributed by atoms with Gasteiger partial charge >= 0.3 is 0 Å². The molecular formula is C39H30Cl2N4O6S2. The first-order chi connectivity index (χ1) is 25.4. The van der Waals surface area contributed by atoms with Crippen LogP contribution < -0.4 is 20.1 Å². The van der Waals surface area contributed by atoms with Gasteiger partial charge in [0, 0.05) is 21.4 Å². The molecule has 6 aromatic carbocycles. The maximum Gasteiger partial charge on any atom is 0.261 e. The summed E-state index contributed by atoms with van der Waals surface area (Å²) in [7, 11) is -7.94. The van der Waals surface area contributed by atoms with Gasteiger partial charge in [-0.2, -0.15) is 0 Å².